The second-order valence-electron chi connectivity index (χ2n) is 2.17. The van der Waals surface area contributed by atoms with Crippen molar-refractivity contribution in [2.75, 3.05) is 6.54 Å². The van der Waals surface area contributed by atoms with Gasteiger partial charge < -0.3 is 20.3 Å². The van der Waals surface area contributed by atoms with Gasteiger partial charge in [-0.2, -0.15) is 0 Å². The molecule has 1 fully saturated rings. The normalized spacial score (nSPS) is 31.3. The molecule has 4 nitrogen and oxygen atoms in total. The van der Waals surface area contributed by atoms with E-state index in [2.05, 4.69) is 5.32 Å². The first-order valence-corrected chi connectivity index (χ1v) is 2.82. The Labute approximate surface area is 80.9 Å². The van der Waals surface area contributed by atoms with Crippen LogP contribution in [0.15, 0.2) is 0 Å². The van der Waals surface area contributed by atoms with Crippen LogP contribution >= 0.6 is 0 Å². The van der Waals surface area contributed by atoms with Crippen LogP contribution < -0.4 is 40.0 Å². The molecule has 1 aliphatic heterocycles. The minimum Gasteiger partial charge on any atom is -0.548 e. The van der Waals surface area contributed by atoms with E-state index in [0.29, 0.717) is 6.54 Å². The molecule has 2 atom stereocenters. The van der Waals surface area contributed by atoms with Crippen molar-refractivity contribution < 1.29 is 44.6 Å². The molecule has 1 heterocycles. The maximum absolute atomic E-state index is 10.1. The van der Waals surface area contributed by atoms with Crippen molar-refractivity contribution in [2.45, 2.75) is 18.6 Å². The largest absolute Gasteiger partial charge is 1.00 e. The number of aliphatic hydroxyl groups is 1. The van der Waals surface area contributed by atoms with Crippen molar-refractivity contribution in [3.63, 3.8) is 0 Å². The predicted molar refractivity (Wildman–Crippen MR) is 27.4 cm³/mol. The smallest absolute Gasteiger partial charge is 0.548 e. The number of carboxylic acid groups (broad SMARTS) is 1. The number of nitrogens with one attached hydrogen (secondary N) is 1. The molecular weight excluding hydrogens is 145 g/mol. The van der Waals surface area contributed by atoms with Gasteiger partial charge in [0.2, 0.25) is 0 Å². The molecule has 1 saturated heterocycles. The van der Waals surface area contributed by atoms with Crippen molar-refractivity contribution >= 4 is 5.97 Å². The molecule has 0 spiro atoms. The summed E-state index contributed by atoms with van der Waals surface area (Å²) in [5.74, 6) is -1.13. The third-order valence-corrected chi connectivity index (χ3v) is 1.39. The van der Waals surface area contributed by atoms with E-state index in [0.717, 1.165) is 0 Å². The Hall–Kier alpha value is 0.390. The molecule has 0 amide bonds. The average Bonchev–Trinajstić information content (AvgIpc) is 2.14. The first-order valence-electron chi connectivity index (χ1n) is 2.82. The van der Waals surface area contributed by atoms with Crippen LogP contribution in [0.3, 0.4) is 0 Å². The minimum atomic E-state index is -1.13. The molecule has 0 aromatic carbocycles. The number of hydrogen-bond donors (Lipinski definition) is 2. The number of aliphatic carboxylic acids is 1. The van der Waals surface area contributed by atoms with Gasteiger partial charge in [-0.25, -0.2) is 0 Å². The first-order chi connectivity index (χ1) is 4.20. The van der Waals surface area contributed by atoms with E-state index in [4.69, 9.17) is 5.11 Å². The van der Waals surface area contributed by atoms with Gasteiger partial charge in [-0.3, -0.25) is 0 Å². The van der Waals surface area contributed by atoms with Gasteiger partial charge in [0, 0.05) is 12.6 Å². The second kappa shape index (κ2) is 4.31. The van der Waals surface area contributed by atoms with E-state index >= 15 is 0 Å². The summed E-state index contributed by atoms with van der Waals surface area (Å²) in [4.78, 5) is 10.1. The van der Waals surface area contributed by atoms with Crippen molar-refractivity contribution in [1.82, 2.24) is 5.32 Å². The molecule has 5 heteroatoms. The molecule has 0 saturated carbocycles. The summed E-state index contributed by atoms with van der Waals surface area (Å²) in [6, 6.07) is -0.653. The van der Waals surface area contributed by atoms with E-state index in [1.54, 1.807) is 0 Å². The Kier molecular flexibility index (Phi) is 4.47. The summed E-state index contributed by atoms with van der Waals surface area (Å²) in [7, 11) is 0. The molecule has 0 aromatic heterocycles. The molecule has 1 unspecified atom stereocenters. The minimum absolute atomic E-state index is 0. The quantitative estimate of drug-likeness (QED) is 0.368. The third kappa shape index (κ3) is 2.56. The van der Waals surface area contributed by atoms with Gasteiger partial charge in [0.25, 0.3) is 0 Å². The van der Waals surface area contributed by atoms with Gasteiger partial charge in [-0.1, -0.05) is 0 Å². The summed E-state index contributed by atoms with van der Waals surface area (Å²) >= 11 is 0. The summed E-state index contributed by atoms with van der Waals surface area (Å²) in [5.41, 5.74) is 0. The summed E-state index contributed by atoms with van der Waals surface area (Å²) in [6.07, 6.45) is -0.254. The fourth-order valence-electron chi connectivity index (χ4n) is 0.897. The average molecular weight is 153 g/mol. The second-order valence-corrected chi connectivity index (χ2v) is 2.17. The zero-order valence-electron chi connectivity index (χ0n) is 5.83. The zero-order chi connectivity index (χ0) is 6.85. The van der Waals surface area contributed by atoms with Gasteiger partial charge in [0.05, 0.1) is 12.1 Å². The molecule has 0 radical (unpaired) electrons. The monoisotopic (exact) mass is 153 g/mol. The summed E-state index contributed by atoms with van der Waals surface area (Å²) in [5, 5.41) is 21.5. The van der Waals surface area contributed by atoms with Gasteiger partial charge in [0.15, 0.2) is 0 Å². The number of carboxylic acids is 1. The van der Waals surface area contributed by atoms with Crippen molar-refractivity contribution in [1.29, 1.82) is 0 Å². The Morgan fingerprint density at radius 3 is 2.50 bits per heavy atom. The van der Waals surface area contributed by atoms with Crippen LogP contribution in [0.2, 0.25) is 0 Å². The maximum Gasteiger partial charge on any atom is 1.00 e. The van der Waals surface area contributed by atoms with Gasteiger partial charge >= 0.3 is 29.6 Å². The Bertz CT molecular complexity index is 130. The van der Waals surface area contributed by atoms with E-state index in [1.165, 1.54) is 0 Å². The number of rotatable bonds is 1. The van der Waals surface area contributed by atoms with E-state index < -0.39 is 18.1 Å². The fourth-order valence-corrected chi connectivity index (χ4v) is 0.897. The fraction of sp³-hybridized carbons (Fsp3) is 0.800. The molecular formula is C5H8NNaO3. The van der Waals surface area contributed by atoms with Crippen LogP contribution in [0.5, 0.6) is 0 Å². The van der Waals surface area contributed by atoms with Crippen molar-refractivity contribution in [3.8, 4) is 0 Å². The molecule has 0 aromatic rings. The number of hydrogen-bond acceptors (Lipinski definition) is 4. The van der Waals surface area contributed by atoms with Crippen molar-refractivity contribution in [2.24, 2.45) is 0 Å². The van der Waals surface area contributed by atoms with Crippen LogP contribution in [0.25, 0.3) is 0 Å². The number of carbonyl (C=O) groups excluding carboxylic acids is 1. The molecule has 1 aliphatic rings. The van der Waals surface area contributed by atoms with Gasteiger partial charge in [0.1, 0.15) is 0 Å². The third-order valence-electron chi connectivity index (χ3n) is 1.39. The molecule has 10 heavy (non-hydrogen) atoms. The van der Waals surface area contributed by atoms with Crippen molar-refractivity contribution in [3.05, 3.63) is 0 Å². The van der Waals surface area contributed by atoms with Crippen LogP contribution in [0.4, 0.5) is 0 Å². The maximum atomic E-state index is 10.1. The van der Waals surface area contributed by atoms with E-state index in [-0.39, 0.29) is 36.0 Å². The summed E-state index contributed by atoms with van der Waals surface area (Å²) in [6.45, 7) is 0.360. The SMILES string of the molecule is O=C([O-])[C@H]1CC(O)CN1.[Na+]. The standard InChI is InChI=1S/C5H9NO3.Na/c7-3-1-4(5(8)9)6-2-3;/h3-4,6-7H,1-2H2,(H,8,9);/q;+1/p-1/t3?,4-;/m1./s1. The first kappa shape index (κ1) is 10.4. The Morgan fingerprint density at radius 1 is 1.70 bits per heavy atom. The topological polar surface area (TPSA) is 72.4 Å². The van der Waals surface area contributed by atoms with E-state index in [9.17, 15) is 9.90 Å². The van der Waals surface area contributed by atoms with Gasteiger partial charge in [-0.15, -0.1) is 0 Å². The van der Waals surface area contributed by atoms with E-state index in [1.807, 2.05) is 0 Å². The van der Waals surface area contributed by atoms with Gasteiger partial charge in [-0.05, 0) is 6.42 Å². The number of carbonyl (C=O) groups is 1. The molecule has 2 N–H and O–H groups in total. The van der Waals surface area contributed by atoms with Crippen LogP contribution in [0.1, 0.15) is 6.42 Å². The molecule has 0 aliphatic carbocycles. The van der Waals surface area contributed by atoms with Crippen LogP contribution in [-0.4, -0.2) is 29.8 Å². The molecule has 0 bridgehead atoms. The van der Waals surface area contributed by atoms with Crippen LogP contribution in [0, 0.1) is 0 Å². The Morgan fingerprint density at radius 2 is 2.30 bits per heavy atom. The molecule has 1 rings (SSSR count). The number of β-amino-alcohol motifs (C(OH)–C–C–N with tert-alkyl or cyclic N) is 1. The summed E-state index contributed by atoms with van der Waals surface area (Å²) < 4.78 is 0. The number of aliphatic hydroxyl groups excluding tert-OH is 1. The van der Waals surface area contributed by atoms with Crippen LogP contribution in [-0.2, 0) is 4.79 Å². The predicted octanol–water partition coefficient (Wildman–Crippen LogP) is -5.54. The zero-order valence-corrected chi connectivity index (χ0v) is 7.83. The molecule has 52 valence electrons. The Balaban J connectivity index is 0.000000810.